The van der Waals surface area contributed by atoms with E-state index in [2.05, 4.69) is 33.2 Å². The van der Waals surface area contributed by atoms with Gasteiger partial charge in [-0.15, -0.1) is 0 Å². The molecule has 1 saturated heterocycles. The molecule has 7 heteroatoms. The predicted octanol–water partition coefficient (Wildman–Crippen LogP) is 3.65. The molecule has 0 atom stereocenters. The minimum absolute atomic E-state index is 0.0589. The molecule has 2 amide bonds. The van der Waals surface area contributed by atoms with Gasteiger partial charge in [0.1, 0.15) is 0 Å². The van der Waals surface area contributed by atoms with Crippen molar-refractivity contribution in [3.05, 3.63) is 63.2 Å². The fourth-order valence-corrected chi connectivity index (χ4v) is 3.52. The number of thiocarbonyl (C=S) groups is 1. The first kappa shape index (κ1) is 18.8. The normalized spacial score (nSPS) is 13.3. The lowest BCUT2D eigenvalue weighted by atomic mass is 10.2. The topological polar surface area (TPSA) is 61.4 Å². The Labute approximate surface area is 171 Å². The van der Waals surface area contributed by atoms with Gasteiger partial charge in [0, 0.05) is 33.5 Å². The molecule has 2 N–H and O–H groups in total. The first-order valence-electron chi connectivity index (χ1n) is 8.30. The molecule has 2 aromatic carbocycles. The average molecular weight is 479 g/mol. The number of anilines is 1. The van der Waals surface area contributed by atoms with E-state index in [0.717, 1.165) is 35.2 Å². The lowest BCUT2D eigenvalue weighted by molar-refractivity contribution is 0.0792. The van der Waals surface area contributed by atoms with Crippen LogP contribution < -0.4 is 10.6 Å². The number of likely N-dealkylation sites (tertiary alicyclic amines) is 1. The third kappa shape index (κ3) is 4.79. The molecule has 0 unspecified atom stereocenters. The summed E-state index contributed by atoms with van der Waals surface area (Å²) in [4.78, 5) is 26.4. The molecule has 1 fully saturated rings. The number of hydrogen-bond acceptors (Lipinski definition) is 3. The molecular weight excluding hydrogens is 461 g/mol. The third-order valence-electron chi connectivity index (χ3n) is 4.10. The fraction of sp³-hybridized carbons (Fsp3) is 0.211. The quantitative estimate of drug-likeness (QED) is 0.522. The zero-order chi connectivity index (χ0) is 18.5. The summed E-state index contributed by atoms with van der Waals surface area (Å²) < 4.78 is 0.979. The Morgan fingerprint density at radius 3 is 2.35 bits per heavy atom. The fourth-order valence-electron chi connectivity index (χ4n) is 2.77. The van der Waals surface area contributed by atoms with Crippen molar-refractivity contribution in [2.75, 3.05) is 18.4 Å². The molecule has 2 aromatic rings. The van der Waals surface area contributed by atoms with Gasteiger partial charge in [-0.1, -0.05) is 6.07 Å². The first-order chi connectivity index (χ1) is 12.5. The van der Waals surface area contributed by atoms with Gasteiger partial charge in [0.25, 0.3) is 11.8 Å². The second-order valence-electron chi connectivity index (χ2n) is 6.00. The van der Waals surface area contributed by atoms with E-state index < -0.39 is 0 Å². The Hall–Kier alpha value is -2.00. The summed E-state index contributed by atoms with van der Waals surface area (Å²) >= 11 is 7.35. The van der Waals surface area contributed by atoms with E-state index in [1.54, 1.807) is 36.4 Å². The average Bonchev–Trinajstić information content (AvgIpc) is 3.16. The van der Waals surface area contributed by atoms with Crippen LogP contribution >= 0.6 is 34.8 Å². The Morgan fingerprint density at radius 1 is 1.00 bits per heavy atom. The van der Waals surface area contributed by atoms with Crippen LogP contribution in [-0.4, -0.2) is 34.9 Å². The second kappa shape index (κ2) is 8.59. The second-order valence-corrected chi connectivity index (χ2v) is 7.65. The van der Waals surface area contributed by atoms with Gasteiger partial charge in [-0.2, -0.15) is 0 Å². The molecule has 0 radical (unpaired) electrons. The zero-order valence-corrected chi connectivity index (χ0v) is 17.0. The van der Waals surface area contributed by atoms with Gasteiger partial charge >= 0.3 is 0 Å². The van der Waals surface area contributed by atoms with Crippen molar-refractivity contribution in [2.24, 2.45) is 0 Å². The van der Waals surface area contributed by atoms with Crippen LogP contribution in [0.15, 0.2) is 48.5 Å². The van der Waals surface area contributed by atoms with E-state index in [1.807, 2.05) is 17.0 Å². The van der Waals surface area contributed by atoms with E-state index in [0.29, 0.717) is 11.1 Å². The minimum Gasteiger partial charge on any atom is -0.339 e. The Kier molecular flexibility index (Phi) is 6.20. The van der Waals surface area contributed by atoms with E-state index in [4.69, 9.17) is 12.2 Å². The molecule has 0 bridgehead atoms. The number of nitrogens with zero attached hydrogens (tertiary/aromatic N) is 1. The summed E-state index contributed by atoms with van der Waals surface area (Å²) in [5, 5.41) is 5.84. The molecule has 0 aliphatic carbocycles. The van der Waals surface area contributed by atoms with Gasteiger partial charge in [0.05, 0.1) is 0 Å². The number of benzene rings is 2. The van der Waals surface area contributed by atoms with Gasteiger partial charge in [0.2, 0.25) is 0 Å². The molecule has 134 valence electrons. The summed E-state index contributed by atoms with van der Waals surface area (Å²) in [7, 11) is 0. The van der Waals surface area contributed by atoms with E-state index in [9.17, 15) is 9.59 Å². The highest BCUT2D eigenvalue weighted by atomic mass is 127. The Balaban J connectivity index is 1.57. The lowest BCUT2D eigenvalue weighted by Crippen LogP contribution is -2.34. The molecule has 0 aromatic heterocycles. The van der Waals surface area contributed by atoms with Crippen LogP contribution in [0.1, 0.15) is 33.6 Å². The van der Waals surface area contributed by atoms with Gasteiger partial charge in [-0.25, -0.2) is 0 Å². The van der Waals surface area contributed by atoms with Crippen LogP contribution in [0.2, 0.25) is 0 Å². The molecule has 1 aliphatic rings. The SMILES string of the molecule is O=C(NC(=S)Nc1ccc(C(=O)N2CCCC2)cc1)c1cccc(I)c1. The lowest BCUT2D eigenvalue weighted by Gasteiger charge is -2.15. The van der Waals surface area contributed by atoms with E-state index in [1.165, 1.54) is 0 Å². The van der Waals surface area contributed by atoms with E-state index in [-0.39, 0.29) is 16.9 Å². The molecule has 0 saturated carbocycles. The van der Waals surface area contributed by atoms with Crippen molar-refractivity contribution in [3.8, 4) is 0 Å². The molecule has 0 spiro atoms. The first-order valence-corrected chi connectivity index (χ1v) is 9.79. The highest BCUT2D eigenvalue weighted by Crippen LogP contribution is 2.15. The maximum atomic E-state index is 12.3. The zero-order valence-electron chi connectivity index (χ0n) is 14.0. The summed E-state index contributed by atoms with van der Waals surface area (Å²) in [5.41, 5.74) is 1.93. The summed E-state index contributed by atoms with van der Waals surface area (Å²) in [6.45, 7) is 1.65. The summed E-state index contributed by atoms with van der Waals surface area (Å²) in [6.07, 6.45) is 2.14. The smallest absolute Gasteiger partial charge is 0.257 e. The molecular formula is C19H18IN3O2S. The van der Waals surface area contributed by atoms with Crippen molar-refractivity contribution in [1.29, 1.82) is 0 Å². The summed E-state index contributed by atoms with van der Waals surface area (Å²) in [5.74, 6) is -0.203. The maximum absolute atomic E-state index is 12.3. The van der Waals surface area contributed by atoms with Crippen LogP contribution in [-0.2, 0) is 0 Å². The molecule has 5 nitrogen and oxygen atoms in total. The van der Waals surface area contributed by atoms with E-state index >= 15 is 0 Å². The molecule has 3 rings (SSSR count). The van der Waals surface area contributed by atoms with Crippen LogP contribution in [0.4, 0.5) is 5.69 Å². The highest BCUT2D eigenvalue weighted by molar-refractivity contribution is 14.1. The van der Waals surface area contributed by atoms with Crippen molar-refractivity contribution in [3.63, 3.8) is 0 Å². The van der Waals surface area contributed by atoms with Gasteiger partial charge in [-0.05, 0) is 90.1 Å². The van der Waals surface area contributed by atoms with Crippen molar-refractivity contribution >= 4 is 57.4 Å². The number of hydrogen-bond donors (Lipinski definition) is 2. The number of carbonyl (C=O) groups is 2. The number of nitrogens with one attached hydrogen (secondary N) is 2. The van der Waals surface area contributed by atoms with Crippen molar-refractivity contribution in [2.45, 2.75) is 12.8 Å². The third-order valence-corrected chi connectivity index (χ3v) is 4.97. The molecule has 26 heavy (non-hydrogen) atoms. The number of amides is 2. The summed E-state index contributed by atoms with van der Waals surface area (Å²) in [6, 6.07) is 14.4. The van der Waals surface area contributed by atoms with Gasteiger partial charge < -0.3 is 10.2 Å². The van der Waals surface area contributed by atoms with Crippen LogP contribution in [0.25, 0.3) is 0 Å². The van der Waals surface area contributed by atoms with Gasteiger partial charge in [0.15, 0.2) is 5.11 Å². The standard InChI is InChI=1S/C19H18IN3O2S/c20-15-5-3-4-14(12-15)17(24)22-19(26)21-16-8-6-13(7-9-16)18(25)23-10-1-2-11-23/h3-9,12H,1-2,10-11H2,(H2,21,22,24,26). The largest absolute Gasteiger partial charge is 0.339 e. The van der Waals surface area contributed by atoms with Crippen LogP contribution in [0, 0.1) is 3.57 Å². The maximum Gasteiger partial charge on any atom is 0.257 e. The predicted molar refractivity (Wildman–Crippen MR) is 114 cm³/mol. The Bertz CT molecular complexity index is 833. The highest BCUT2D eigenvalue weighted by Gasteiger charge is 2.19. The van der Waals surface area contributed by atoms with Crippen molar-refractivity contribution < 1.29 is 9.59 Å². The van der Waals surface area contributed by atoms with Crippen molar-refractivity contribution in [1.82, 2.24) is 10.2 Å². The van der Waals surface area contributed by atoms with Crippen LogP contribution in [0.5, 0.6) is 0 Å². The molecule has 1 heterocycles. The number of rotatable bonds is 3. The van der Waals surface area contributed by atoms with Crippen LogP contribution in [0.3, 0.4) is 0 Å². The Morgan fingerprint density at radius 2 is 1.69 bits per heavy atom. The molecule has 1 aliphatic heterocycles. The number of halogens is 1. The minimum atomic E-state index is -0.262. The van der Waals surface area contributed by atoms with Gasteiger partial charge in [-0.3, -0.25) is 14.9 Å². The number of carbonyl (C=O) groups excluding carboxylic acids is 2. The monoisotopic (exact) mass is 479 g/mol.